The summed E-state index contributed by atoms with van der Waals surface area (Å²) in [6, 6.07) is 6.41. The van der Waals surface area contributed by atoms with Crippen LogP contribution in [0, 0.1) is 6.92 Å². The van der Waals surface area contributed by atoms with Crippen molar-refractivity contribution in [1.82, 2.24) is 14.7 Å². The van der Waals surface area contributed by atoms with Gasteiger partial charge < -0.3 is 18.2 Å². The predicted molar refractivity (Wildman–Crippen MR) is 77.9 cm³/mol. The van der Waals surface area contributed by atoms with Gasteiger partial charge in [0.05, 0.1) is 13.7 Å². The Bertz CT molecular complexity index is 906. The minimum Gasteiger partial charge on any atom is -0.463 e. The molecule has 0 unspecified atom stereocenters. The number of nitrogens with zero attached hydrogens (tertiary/aromatic N) is 3. The summed E-state index contributed by atoms with van der Waals surface area (Å²) in [5.74, 6) is 0.573. The Balaban J connectivity index is 1.91. The molecule has 0 aromatic carbocycles. The van der Waals surface area contributed by atoms with E-state index in [9.17, 15) is 9.59 Å². The van der Waals surface area contributed by atoms with E-state index in [1.807, 2.05) is 0 Å². The number of carbonyl (C=O) groups excluding carboxylic acids is 1. The molecule has 8 heteroatoms. The largest absolute Gasteiger partial charge is 0.463 e. The van der Waals surface area contributed by atoms with E-state index in [4.69, 9.17) is 8.94 Å². The standard InChI is InChI=1S/C15H13N3O5/c1-9-16-13(23-17-9)11-4-3-7-18(14(11)19)8-10-5-6-12(22-10)15(20)21-2/h3-7H,8H2,1-2H3. The molecule has 3 aromatic rings. The van der Waals surface area contributed by atoms with Crippen LogP contribution in [-0.2, 0) is 11.3 Å². The van der Waals surface area contributed by atoms with Gasteiger partial charge in [-0.1, -0.05) is 5.16 Å². The average Bonchev–Trinajstić information content (AvgIpc) is 3.18. The van der Waals surface area contributed by atoms with E-state index >= 15 is 0 Å². The van der Waals surface area contributed by atoms with Gasteiger partial charge in [-0.25, -0.2) is 4.79 Å². The number of carbonyl (C=O) groups is 1. The second-order valence-electron chi connectivity index (χ2n) is 4.76. The van der Waals surface area contributed by atoms with Gasteiger partial charge in [-0.15, -0.1) is 0 Å². The van der Waals surface area contributed by atoms with Crippen LogP contribution < -0.4 is 5.56 Å². The molecule has 0 saturated heterocycles. The third kappa shape index (κ3) is 2.91. The Morgan fingerprint density at radius 1 is 1.35 bits per heavy atom. The zero-order chi connectivity index (χ0) is 16.4. The quantitative estimate of drug-likeness (QED) is 0.674. The summed E-state index contributed by atoms with van der Waals surface area (Å²) in [4.78, 5) is 27.9. The van der Waals surface area contributed by atoms with E-state index in [0.29, 0.717) is 17.1 Å². The van der Waals surface area contributed by atoms with Gasteiger partial charge in [0.15, 0.2) is 5.82 Å². The number of methoxy groups -OCH3 is 1. The Morgan fingerprint density at radius 3 is 2.87 bits per heavy atom. The summed E-state index contributed by atoms with van der Waals surface area (Å²) in [6.45, 7) is 1.84. The number of hydrogen-bond donors (Lipinski definition) is 0. The molecule has 0 aliphatic rings. The molecular weight excluding hydrogens is 302 g/mol. The SMILES string of the molecule is COC(=O)c1ccc(Cn2cccc(-c3nc(C)no3)c2=O)o1. The molecule has 0 saturated carbocycles. The van der Waals surface area contributed by atoms with E-state index in [1.165, 1.54) is 17.7 Å². The van der Waals surface area contributed by atoms with Crippen molar-refractivity contribution < 1.29 is 18.5 Å². The molecule has 0 fully saturated rings. The fourth-order valence-electron chi connectivity index (χ4n) is 2.07. The van der Waals surface area contributed by atoms with Gasteiger partial charge in [0, 0.05) is 6.20 Å². The molecule has 0 bridgehead atoms. The molecule has 118 valence electrons. The van der Waals surface area contributed by atoms with Gasteiger partial charge in [0.1, 0.15) is 11.3 Å². The van der Waals surface area contributed by atoms with Crippen molar-refractivity contribution in [3.63, 3.8) is 0 Å². The number of esters is 1. The minimum atomic E-state index is -0.571. The molecular formula is C15H13N3O5. The molecule has 3 aromatic heterocycles. The third-order valence-corrected chi connectivity index (χ3v) is 3.15. The molecule has 0 N–H and O–H groups in total. The van der Waals surface area contributed by atoms with Crippen molar-refractivity contribution in [2.24, 2.45) is 0 Å². The van der Waals surface area contributed by atoms with E-state index in [-0.39, 0.29) is 23.8 Å². The second kappa shape index (κ2) is 5.91. The van der Waals surface area contributed by atoms with E-state index in [2.05, 4.69) is 14.9 Å². The van der Waals surface area contributed by atoms with Crippen LogP contribution in [0.15, 0.2) is 44.2 Å². The predicted octanol–water partition coefficient (Wildman–Crippen LogP) is 1.63. The van der Waals surface area contributed by atoms with Crippen molar-refractivity contribution in [2.45, 2.75) is 13.5 Å². The van der Waals surface area contributed by atoms with Crippen LogP contribution in [0.4, 0.5) is 0 Å². The van der Waals surface area contributed by atoms with Gasteiger partial charge in [-0.05, 0) is 31.2 Å². The summed E-state index contributed by atoms with van der Waals surface area (Å²) in [7, 11) is 1.27. The molecule has 0 spiro atoms. The number of furan rings is 1. The molecule has 3 heterocycles. The van der Waals surface area contributed by atoms with Gasteiger partial charge in [0.25, 0.3) is 11.4 Å². The highest BCUT2D eigenvalue weighted by Gasteiger charge is 2.15. The lowest BCUT2D eigenvalue weighted by molar-refractivity contribution is 0.0563. The van der Waals surface area contributed by atoms with Crippen LogP contribution in [0.5, 0.6) is 0 Å². The number of aromatic nitrogens is 3. The molecule has 0 radical (unpaired) electrons. The van der Waals surface area contributed by atoms with Crippen molar-refractivity contribution in [3.05, 3.63) is 58.2 Å². The topological polar surface area (TPSA) is 100 Å². The molecule has 0 aliphatic carbocycles. The number of aryl methyl sites for hydroxylation is 1. The Kier molecular flexibility index (Phi) is 3.80. The van der Waals surface area contributed by atoms with Crippen molar-refractivity contribution in [1.29, 1.82) is 0 Å². The Labute approximate surface area is 130 Å². The monoisotopic (exact) mass is 315 g/mol. The summed E-state index contributed by atoms with van der Waals surface area (Å²) < 4.78 is 16.4. The normalized spacial score (nSPS) is 10.7. The second-order valence-corrected chi connectivity index (χ2v) is 4.76. The van der Waals surface area contributed by atoms with E-state index in [1.54, 1.807) is 31.3 Å². The maximum absolute atomic E-state index is 12.5. The van der Waals surface area contributed by atoms with Gasteiger partial charge >= 0.3 is 5.97 Å². The smallest absolute Gasteiger partial charge is 0.373 e. The van der Waals surface area contributed by atoms with Gasteiger partial charge in [0.2, 0.25) is 5.76 Å². The van der Waals surface area contributed by atoms with Crippen molar-refractivity contribution in [2.75, 3.05) is 7.11 Å². The lowest BCUT2D eigenvalue weighted by Gasteiger charge is -2.04. The maximum atomic E-state index is 12.5. The van der Waals surface area contributed by atoms with Crippen LogP contribution in [0.2, 0.25) is 0 Å². The first-order valence-corrected chi connectivity index (χ1v) is 6.75. The van der Waals surface area contributed by atoms with Crippen molar-refractivity contribution in [3.8, 4) is 11.5 Å². The zero-order valence-electron chi connectivity index (χ0n) is 12.5. The van der Waals surface area contributed by atoms with Crippen LogP contribution in [-0.4, -0.2) is 27.8 Å². The van der Waals surface area contributed by atoms with E-state index < -0.39 is 5.97 Å². The summed E-state index contributed by atoms with van der Waals surface area (Å²) in [6.07, 6.45) is 1.61. The molecule has 0 aliphatic heterocycles. The fourth-order valence-corrected chi connectivity index (χ4v) is 2.07. The van der Waals surface area contributed by atoms with Crippen LogP contribution in [0.1, 0.15) is 22.1 Å². The van der Waals surface area contributed by atoms with Crippen LogP contribution in [0.3, 0.4) is 0 Å². The maximum Gasteiger partial charge on any atom is 0.373 e. The average molecular weight is 315 g/mol. The van der Waals surface area contributed by atoms with Crippen LogP contribution in [0.25, 0.3) is 11.5 Å². The van der Waals surface area contributed by atoms with Crippen molar-refractivity contribution >= 4 is 5.97 Å². The minimum absolute atomic E-state index is 0.0826. The molecule has 23 heavy (non-hydrogen) atoms. The molecule has 0 amide bonds. The fraction of sp³-hybridized carbons (Fsp3) is 0.200. The summed E-state index contributed by atoms with van der Waals surface area (Å²) >= 11 is 0. The summed E-state index contributed by atoms with van der Waals surface area (Å²) in [5, 5.41) is 3.68. The lowest BCUT2D eigenvalue weighted by atomic mass is 10.2. The molecule has 8 nitrogen and oxygen atoms in total. The highest BCUT2D eigenvalue weighted by Crippen LogP contribution is 2.13. The highest BCUT2D eigenvalue weighted by molar-refractivity contribution is 5.86. The number of pyridine rings is 1. The lowest BCUT2D eigenvalue weighted by Crippen LogP contribution is -2.21. The number of rotatable bonds is 4. The van der Waals surface area contributed by atoms with Gasteiger partial charge in [-0.3, -0.25) is 4.79 Å². The first-order valence-electron chi connectivity index (χ1n) is 6.75. The molecule has 3 rings (SSSR count). The van der Waals surface area contributed by atoms with Gasteiger partial charge in [-0.2, -0.15) is 4.98 Å². The number of hydrogen-bond acceptors (Lipinski definition) is 7. The first-order chi connectivity index (χ1) is 11.1. The first kappa shape index (κ1) is 14.8. The Hall–Kier alpha value is -3.16. The number of ether oxygens (including phenoxy) is 1. The zero-order valence-corrected chi connectivity index (χ0v) is 12.5. The summed E-state index contributed by atoms with van der Waals surface area (Å²) in [5.41, 5.74) is 0.0000144. The molecule has 0 atom stereocenters. The Morgan fingerprint density at radius 2 is 2.17 bits per heavy atom. The highest BCUT2D eigenvalue weighted by atomic mass is 16.5. The third-order valence-electron chi connectivity index (χ3n) is 3.15. The van der Waals surface area contributed by atoms with Crippen LogP contribution >= 0.6 is 0 Å². The van der Waals surface area contributed by atoms with E-state index in [0.717, 1.165) is 0 Å².